The second kappa shape index (κ2) is 6.38. The molecule has 2 aromatic rings. The van der Waals surface area contributed by atoms with Gasteiger partial charge in [0.2, 0.25) is 0 Å². The van der Waals surface area contributed by atoms with E-state index in [4.69, 9.17) is 5.73 Å². The molecular weight excluding hydrogens is 242 g/mol. The standard InChI is InChI=1S/C14H13N3O2/c15-7-2-4-11-3-1-5-12(9-11)14(18)16-10-13-6-8-19-17-13/h1,3,5-6,8-9H,7,10,15H2,(H,16,18). The van der Waals surface area contributed by atoms with E-state index in [2.05, 4.69) is 26.8 Å². The van der Waals surface area contributed by atoms with Crippen molar-refractivity contribution in [1.29, 1.82) is 0 Å². The average Bonchev–Trinajstić information content (AvgIpc) is 2.96. The van der Waals surface area contributed by atoms with Crippen LogP contribution in [0.5, 0.6) is 0 Å². The normalized spacial score (nSPS) is 9.53. The quantitative estimate of drug-likeness (QED) is 0.799. The smallest absolute Gasteiger partial charge is 0.251 e. The molecule has 5 nitrogen and oxygen atoms in total. The maximum Gasteiger partial charge on any atom is 0.251 e. The summed E-state index contributed by atoms with van der Waals surface area (Å²) in [7, 11) is 0. The molecule has 3 N–H and O–H groups in total. The summed E-state index contributed by atoms with van der Waals surface area (Å²) in [5.74, 6) is 5.45. The molecule has 0 fully saturated rings. The molecule has 0 bridgehead atoms. The molecule has 0 saturated heterocycles. The molecule has 1 aromatic heterocycles. The molecular formula is C14H13N3O2. The third kappa shape index (κ3) is 3.69. The summed E-state index contributed by atoms with van der Waals surface area (Å²) < 4.78 is 4.68. The molecule has 0 spiro atoms. The minimum absolute atomic E-state index is 0.181. The van der Waals surface area contributed by atoms with Gasteiger partial charge in [-0.1, -0.05) is 23.1 Å². The van der Waals surface area contributed by atoms with Crippen LogP contribution in [0, 0.1) is 11.8 Å². The lowest BCUT2D eigenvalue weighted by Gasteiger charge is -2.03. The van der Waals surface area contributed by atoms with Crippen LogP contribution in [0.15, 0.2) is 41.1 Å². The van der Waals surface area contributed by atoms with Crippen LogP contribution in [0.25, 0.3) is 0 Å². The minimum Gasteiger partial charge on any atom is -0.364 e. The van der Waals surface area contributed by atoms with E-state index in [0.717, 1.165) is 5.56 Å². The molecule has 1 heterocycles. The highest BCUT2D eigenvalue weighted by Gasteiger charge is 2.06. The first-order valence-electron chi connectivity index (χ1n) is 5.76. The van der Waals surface area contributed by atoms with Crippen LogP contribution in [0.3, 0.4) is 0 Å². The maximum absolute atomic E-state index is 11.9. The summed E-state index contributed by atoms with van der Waals surface area (Å²) in [5.41, 5.74) is 7.29. The van der Waals surface area contributed by atoms with Crippen LogP contribution < -0.4 is 11.1 Å². The number of rotatable bonds is 3. The molecule has 2 rings (SSSR count). The number of carbonyl (C=O) groups excluding carboxylic acids is 1. The second-order valence-electron chi connectivity index (χ2n) is 3.76. The first-order valence-corrected chi connectivity index (χ1v) is 5.76. The van der Waals surface area contributed by atoms with Gasteiger partial charge in [0.15, 0.2) is 0 Å². The number of aromatic nitrogens is 1. The SMILES string of the molecule is NCC#Cc1cccc(C(=O)NCc2ccon2)c1. The summed E-state index contributed by atoms with van der Waals surface area (Å²) in [6.07, 6.45) is 1.46. The highest BCUT2D eigenvalue weighted by Crippen LogP contribution is 2.04. The number of hydrogen-bond donors (Lipinski definition) is 2. The van der Waals surface area contributed by atoms with Crippen molar-refractivity contribution in [3.63, 3.8) is 0 Å². The number of amides is 1. The van der Waals surface area contributed by atoms with Gasteiger partial charge >= 0.3 is 0 Å². The molecule has 0 aliphatic heterocycles. The molecule has 1 aromatic carbocycles. The predicted octanol–water partition coefficient (Wildman–Crippen LogP) is 0.915. The fourth-order valence-electron chi connectivity index (χ4n) is 1.49. The van der Waals surface area contributed by atoms with Crippen LogP contribution in [0.2, 0.25) is 0 Å². The predicted molar refractivity (Wildman–Crippen MR) is 70.0 cm³/mol. The van der Waals surface area contributed by atoms with E-state index in [1.165, 1.54) is 6.26 Å². The van der Waals surface area contributed by atoms with Gasteiger partial charge in [-0.2, -0.15) is 0 Å². The summed E-state index contributed by atoms with van der Waals surface area (Å²) in [6, 6.07) is 8.76. The molecule has 0 atom stereocenters. The van der Waals surface area contributed by atoms with E-state index >= 15 is 0 Å². The zero-order chi connectivity index (χ0) is 13.5. The Kier molecular flexibility index (Phi) is 4.32. The Morgan fingerprint density at radius 2 is 2.32 bits per heavy atom. The number of nitrogens with zero attached hydrogens (tertiary/aromatic N) is 1. The number of nitrogens with one attached hydrogen (secondary N) is 1. The molecule has 0 radical (unpaired) electrons. The lowest BCUT2D eigenvalue weighted by Crippen LogP contribution is -2.22. The van der Waals surface area contributed by atoms with E-state index in [1.807, 2.05) is 6.07 Å². The van der Waals surface area contributed by atoms with Gasteiger partial charge in [0.25, 0.3) is 5.91 Å². The van der Waals surface area contributed by atoms with Gasteiger partial charge in [0, 0.05) is 17.2 Å². The fraction of sp³-hybridized carbons (Fsp3) is 0.143. The van der Waals surface area contributed by atoms with Gasteiger partial charge in [0.1, 0.15) is 12.0 Å². The largest absolute Gasteiger partial charge is 0.364 e. The van der Waals surface area contributed by atoms with Crippen molar-refractivity contribution < 1.29 is 9.32 Å². The Labute approximate surface area is 110 Å². The highest BCUT2D eigenvalue weighted by atomic mass is 16.5. The van der Waals surface area contributed by atoms with E-state index in [-0.39, 0.29) is 5.91 Å². The fourth-order valence-corrected chi connectivity index (χ4v) is 1.49. The first kappa shape index (κ1) is 12.9. The topological polar surface area (TPSA) is 81.2 Å². The molecule has 0 aliphatic rings. The Hall–Kier alpha value is -2.58. The third-order valence-electron chi connectivity index (χ3n) is 2.38. The van der Waals surface area contributed by atoms with Crippen LogP contribution in [0.1, 0.15) is 21.6 Å². The van der Waals surface area contributed by atoms with E-state index < -0.39 is 0 Å². The molecule has 96 valence electrons. The summed E-state index contributed by atoms with van der Waals surface area (Å²) in [5, 5.41) is 6.46. The van der Waals surface area contributed by atoms with E-state index in [9.17, 15) is 4.79 Å². The van der Waals surface area contributed by atoms with Crippen LogP contribution in [-0.2, 0) is 6.54 Å². The monoisotopic (exact) mass is 255 g/mol. The number of benzene rings is 1. The van der Waals surface area contributed by atoms with Crippen LogP contribution in [0.4, 0.5) is 0 Å². The zero-order valence-electron chi connectivity index (χ0n) is 10.2. The molecule has 5 heteroatoms. The van der Waals surface area contributed by atoms with Crippen molar-refractivity contribution in [2.75, 3.05) is 6.54 Å². The maximum atomic E-state index is 11.9. The van der Waals surface area contributed by atoms with Crippen molar-refractivity contribution in [1.82, 2.24) is 10.5 Å². The van der Waals surface area contributed by atoms with Crippen molar-refractivity contribution >= 4 is 5.91 Å². The summed E-state index contributed by atoms with van der Waals surface area (Å²) in [4.78, 5) is 11.9. The van der Waals surface area contributed by atoms with E-state index in [0.29, 0.717) is 24.3 Å². The van der Waals surface area contributed by atoms with Crippen molar-refractivity contribution in [2.45, 2.75) is 6.54 Å². The van der Waals surface area contributed by atoms with Gasteiger partial charge in [-0.05, 0) is 18.2 Å². The van der Waals surface area contributed by atoms with Gasteiger partial charge in [0.05, 0.1) is 13.1 Å². The number of nitrogens with two attached hydrogens (primary N) is 1. The van der Waals surface area contributed by atoms with Crippen molar-refractivity contribution in [3.8, 4) is 11.8 Å². The van der Waals surface area contributed by atoms with Crippen molar-refractivity contribution in [2.24, 2.45) is 5.73 Å². The second-order valence-corrected chi connectivity index (χ2v) is 3.76. The average molecular weight is 255 g/mol. The number of hydrogen-bond acceptors (Lipinski definition) is 4. The summed E-state index contributed by atoms with van der Waals surface area (Å²) in [6.45, 7) is 0.622. The van der Waals surface area contributed by atoms with Crippen LogP contribution in [-0.4, -0.2) is 17.6 Å². The Morgan fingerprint density at radius 3 is 3.05 bits per heavy atom. The summed E-state index contributed by atoms with van der Waals surface area (Å²) >= 11 is 0. The van der Waals surface area contributed by atoms with Gasteiger partial charge < -0.3 is 15.6 Å². The first-order chi connectivity index (χ1) is 9.29. The minimum atomic E-state index is -0.181. The molecule has 0 aliphatic carbocycles. The van der Waals surface area contributed by atoms with Gasteiger partial charge in [-0.25, -0.2) is 0 Å². The Balaban J connectivity index is 2.02. The third-order valence-corrected chi connectivity index (χ3v) is 2.38. The van der Waals surface area contributed by atoms with Gasteiger partial charge in [-0.3, -0.25) is 4.79 Å². The van der Waals surface area contributed by atoms with Gasteiger partial charge in [-0.15, -0.1) is 0 Å². The molecule has 0 saturated carbocycles. The lowest BCUT2D eigenvalue weighted by molar-refractivity contribution is 0.0950. The van der Waals surface area contributed by atoms with Crippen molar-refractivity contribution in [3.05, 3.63) is 53.4 Å². The number of carbonyl (C=O) groups is 1. The molecule has 1 amide bonds. The zero-order valence-corrected chi connectivity index (χ0v) is 10.2. The molecule has 0 unspecified atom stereocenters. The lowest BCUT2D eigenvalue weighted by atomic mass is 10.1. The van der Waals surface area contributed by atoms with Crippen LogP contribution >= 0.6 is 0 Å². The Morgan fingerprint density at radius 1 is 1.42 bits per heavy atom. The highest BCUT2D eigenvalue weighted by molar-refractivity contribution is 5.94. The Bertz CT molecular complexity index is 609. The van der Waals surface area contributed by atoms with E-state index in [1.54, 1.807) is 24.3 Å². The molecule has 19 heavy (non-hydrogen) atoms.